The molecule has 0 aromatic carbocycles. The maximum absolute atomic E-state index is 12.3. The van der Waals surface area contributed by atoms with E-state index in [1.54, 1.807) is 0 Å². The number of piperidine rings is 1. The van der Waals surface area contributed by atoms with Crippen LogP contribution in [0.15, 0.2) is 0 Å². The fraction of sp³-hybridized carbons (Fsp3) is 0.941. The summed E-state index contributed by atoms with van der Waals surface area (Å²) in [5.41, 5.74) is -0.406. The van der Waals surface area contributed by atoms with E-state index < -0.39 is 5.60 Å². The summed E-state index contributed by atoms with van der Waals surface area (Å²) in [4.78, 5) is 14.2. The Morgan fingerprint density at radius 1 is 1.19 bits per heavy atom. The van der Waals surface area contributed by atoms with Gasteiger partial charge in [-0.25, -0.2) is 4.79 Å². The predicted molar refractivity (Wildman–Crippen MR) is 85.4 cm³/mol. The van der Waals surface area contributed by atoms with E-state index in [0.29, 0.717) is 6.04 Å². The van der Waals surface area contributed by atoms with E-state index >= 15 is 0 Å². The molecule has 1 amide bonds. The molecule has 2 rings (SSSR count). The summed E-state index contributed by atoms with van der Waals surface area (Å²) in [6, 6.07) is 0.301. The highest BCUT2D eigenvalue weighted by Gasteiger charge is 2.30. The molecule has 1 N–H and O–H groups in total. The molecule has 0 spiro atoms. The van der Waals surface area contributed by atoms with Crippen molar-refractivity contribution >= 4 is 6.09 Å². The first-order valence-electron chi connectivity index (χ1n) is 8.66. The van der Waals surface area contributed by atoms with Crippen LogP contribution < -0.4 is 5.32 Å². The molecule has 1 heterocycles. The molecule has 4 nitrogen and oxygen atoms in total. The van der Waals surface area contributed by atoms with E-state index in [9.17, 15) is 4.79 Å². The first kappa shape index (κ1) is 16.6. The standard InChI is InChI=1S/C17H32N2O2/c1-17(2,3)21-16(20)19-12-5-4-9-15(19)13-18-11-10-14-7-6-8-14/h14-15,18H,4-13H2,1-3H3. The number of likely N-dealkylation sites (tertiary alicyclic amines) is 1. The number of carbonyl (C=O) groups excluding carboxylic acids is 1. The van der Waals surface area contributed by atoms with Gasteiger partial charge < -0.3 is 15.0 Å². The molecule has 1 unspecified atom stereocenters. The molecule has 1 atom stereocenters. The van der Waals surface area contributed by atoms with Crippen LogP contribution in [0.2, 0.25) is 0 Å². The van der Waals surface area contributed by atoms with Gasteiger partial charge in [0.2, 0.25) is 0 Å². The van der Waals surface area contributed by atoms with Crippen LogP contribution >= 0.6 is 0 Å². The minimum atomic E-state index is -0.406. The second-order valence-corrected chi connectivity index (χ2v) is 7.61. The second-order valence-electron chi connectivity index (χ2n) is 7.61. The van der Waals surface area contributed by atoms with Gasteiger partial charge in [0.1, 0.15) is 5.60 Å². The lowest BCUT2D eigenvalue weighted by atomic mass is 9.83. The molecular formula is C17H32N2O2. The topological polar surface area (TPSA) is 41.6 Å². The molecule has 2 aliphatic rings. The highest BCUT2D eigenvalue weighted by atomic mass is 16.6. The zero-order valence-corrected chi connectivity index (χ0v) is 14.0. The molecule has 2 fully saturated rings. The van der Waals surface area contributed by atoms with Crippen LogP contribution in [0.4, 0.5) is 4.79 Å². The normalized spacial score (nSPS) is 23.8. The van der Waals surface area contributed by atoms with Crippen molar-refractivity contribution in [2.75, 3.05) is 19.6 Å². The number of rotatable bonds is 5. The molecule has 1 aliphatic carbocycles. The van der Waals surface area contributed by atoms with Gasteiger partial charge in [-0.15, -0.1) is 0 Å². The van der Waals surface area contributed by atoms with Crippen LogP contribution in [-0.4, -0.2) is 42.3 Å². The van der Waals surface area contributed by atoms with Crippen molar-refractivity contribution in [3.05, 3.63) is 0 Å². The molecule has 0 aromatic heterocycles. The molecule has 1 aliphatic heterocycles. The van der Waals surface area contributed by atoms with Crippen molar-refractivity contribution in [3.8, 4) is 0 Å². The first-order valence-corrected chi connectivity index (χ1v) is 8.66. The van der Waals surface area contributed by atoms with Crippen LogP contribution in [0, 0.1) is 5.92 Å². The van der Waals surface area contributed by atoms with Crippen molar-refractivity contribution < 1.29 is 9.53 Å². The Labute approximate surface area is 129 Å². The second kappa shape index (κ2) is 7.48. The molecule has 0 aromatic rings. The van der Waals surface area contributed by atoms with E-state index in [0.717, 1.165) is 38.4 Å². The highest BCUT2D eigenvalue weighted by Crippen LogP contribution is 2.28. The molecule has 21 heavy (non-hydrogen) atoms. The lowest BCUT2D eigenvalue weighted by molar-refractivity contribution is 0.00992. The monoisotopic (exact) mass is 296 g/mol. The van der Waals surface area contributed by atoms with Crippen molar-refractivity contribution in [3.63, 3.8) is 0 Å². The molecule has 122 valence electrons. The quantitative estimate of drug-likeness (QED) is 0.789. The van der Waals surface area contributed by atoms with Crippen LogP contribution in [-0.2, 0) is 4.74 Å². The van der Waals surface area contributed by atoms with Gasteiger partial charge in [-0.1, -0.05) is 19.3 Å². The number of nitrogens with zero attached hydrogens (tertiary/aromatic N) is 1. The van der Waals surface area contributed by atoms with Crippen LogP contribution in [0.5, 0.6) is 0 Å². The maximum atomic E-state index is 12.3. The number of carbonyl (C=O) groups is 1. The molecule has 4 heteroatoms. The van der Waals surface area contributed by atoms with Gasteiger partial charge in [0, 0.05) is 19.1 Å². The van der Waals surface area contributed by atoms with Crippen molar-refractivity contribution in [1.82, 2.24) is 10.2 Å². The fourth-order valence-corrected chi connectivity index (χ4v) is 3.13. The number of amides is 1. The summed E-state index contributed by atoms with van der Waals surface area (Å²) in [7, 11) is 0. The number of nitrogens with one attached hydrogen (secondary N) is 1. The third-order valence-electron chi connectivity index (χ3n) is 4.59. The van der Waals surface area contributed by atoms with Gasteiger partial charge >= 0.3 is 6.09 Å². The molecule has 1 saturated heterocycles. The summed E-state index contributed by atoms with van der Waals surface area (Å²) in [5, 5.41) is 3.55. The third-order valence-corrected chi connectivity index (χ3v) is 4.59. The molecule has 1 saturated carbocycles. The third kappa shape index (κ3) is 5.50. The number of hydrogen-bond acceptors (Lipinski definition) is 3. The van der Waals surface area contributed by atoms with E-state index in [4.69, 9.17) is 4.74 Å². The Hall–Kier alpha value is -0.770. The Morgan fingerprint density at radius 3 is 2.57 bits per heavy atom. The zero-order valence-electron chi connectivity index (χ0n) is 14.0. The highest BCUT2D eigenvalue weighted by molar-refractivity contribution is 5.68. The van der Waals surface area contributed by atoms with E-state index in [1.165, 1.54) is 32.1 Å². The molecular weight excluding hydrogens is 264 g/mol. The van der Waals surface area contributed by atoms with E-state index in [2.05, 4.69) is 5.32 Å². The summed E-state index contributed by atoms with van der Waals surface area (Å²) >= 11 is 0. The van der Waals surface area contributed by atoms with Gasteiger partial charge in [0.25, 0.3) is 0 Å². The van der Waals surface area contributed by atoms with Gasteiger partial charge in [-0.3, -0.25) is 0 Å². The van der Waals surface area contributed by atoms with Gasteiger partial charge in [0.15, 0.2) is 0 Å². The summed E-state index contributed by atoms with van der Waals surface area (Å²) in [5.74, 6) is 0.950. The Bertz CT molecular complexity index is 334. The largest absolute Gasteiger partial charge is 0.444 e. The Balaban J connectivity index is 1.73. The summed E-state index contributed by atoms with van der Waals surface area (Å²) in [6.07, 6.45) is 8.79. The zero-order chi connectivity index (χ0) is 15.3. The smallest absolute Gasteiger partial charge is 0.410 e. The molecule has 0 bridgehead atoms. The van der Waals surface area contributed by atoms with E-state index in [-0.39, 0.29) is 6.09 Å². The van der Waals surface area contributed by atoms with Gasteiger partial charge in [0.05, 0.1) is 0 Å². The van der Waals surface area contributed by atoms with E-state index in [1.807, 2.05) is 25.7 Å². The molecule has 0 radical (unpaired) electrons. The van der Waals surface area contributed by atoms with Crippen LogP contribution in [0.1, 0.15) is 65.7 Å². The van der Waals surface area contributed by atoms with Crippen molar-refractivity contribution in [2.24, 2.45) is 5.92 Å². The van der Waals surface area contributed by atoms with Gasteiger partial charge in [-0.05, 0) is 58.9 Å². The SMILES string of the molecule is CC(C)(C)OC(=O)N1CCCCC1CNCCC1CCC1. The minimum absolute atomic E-state index is 0.145. The Morgan fingerprint density at radius 2 is 1.95 bits per heavy atom. The summed E-state index contributed by atoms with van der Waals surface area (Å²) in [6.45, 7) is 8.63. The van der Waals surface area contributed by atoms with Crippen LogP contribution in [0.25, 0.3) is 0 Å². The summed E-state index contributed by atoms with van der Waals surface area (Å²) < 4.78 is 5.54. The fourth-order valence-electron chi connectivity index (χ4n) is 3.13. The van der Waals surface area contributed by atoms with Gasteiger partial charge in [-0.2, -0.15) is 0 Å². The lowest BCUT2D eigenvalue weighted by Gasteiger charge is -2.37. The van der Waals surface area contributed by atoms with Crippen molar-refractivity contribution in [1.29, 1.82) is 0 Å². The maximum Gasteiger partial charge on any atom is 0.410 e. The average molecular weight is 296 g/mol. The first-order chi connectivity index (χ1) is 9.96. The van der Waals surface area contributed by atoms with Crippen LogP contribution in [0.3, 0.4) is 0 Å². The van der Waals surface area contributed by atoms with Crippen molar-refractivity contribution in [2.45, 2.75) is 77.4 Å². The number of hydrogen-bond donors (Lipinski definition) is 1. The number of ether oxygens (including phenoxy) is 1. The minimum Gasteiger partial charge on any atom is -0.444 e. The predicted octanol–water partition coefficient (Wildman–Crippen LogP) is 3.56. The Kier molecular flexibility index (Phi) is 5.91. The average Bonchev–Trinajstić information content (AvgIpc) is 2.34. The lowest BCUT2D eigenvalue weighted by Crippen LogP contribution is -2.50.